The molecule has 1 aromatic carbocycles. The molecule has 0 atom stereocenters. The van der Waals surface area contributed by atoms with Crippen molar-refractivity contribution in [2.75, 3.05) is 44.2 Å². The van der Waals surface area contributed by atoms with Crippen molar-refractivity contribution in [2.45, 2.75) is 19.9 Å². The lowest BCUT2D eigenvalue weighted by Crippen LogP contribution is -2.39. The molecule has 6 nitrogen and oxygen atoms in total. The molecule has 1 heterocycles. The van der Waals surface area contributed by atoms with Crippen molar-refractivity contribution >= 4 is 40.6 Å². The molecule has 1 aromatic rings. The summed E-state index contributed by atoms with van der Waals surface area (Å²) in [7, 11) is -2.86. The summed E-state index contributed by atoms with van der Waals surface area (Å²) in [5.41, 5.74) is 1.68. The SMILES string of the molecule is CCCNCCNC(=O)c1cccc(CN2CCS(=O)(=O)CC2)c1.Cl.Cl. The second-order valence-electron chi connectivity index (χ2n) is 6.13. The van der Waals surface area contributed by atoms with E-state index in [-0.39, 0.29) is 42.2 Å². The number of nitrogens with one attached hydrogen (secondary N) is 2. The van der Waals surface area contributed by atoms with E-state index < -0.39 is 9.84 Å². The number of carbonyl (C=O) groups excluding carboxylic acids is 1. The normalized spacial score (nSPS) is 16.2. The molecule has 0 aliphatic carbocycles. The zero-order chi connectivity index (χ0) is 17.4. The van der Waals surface area contributed by atoms with Gasteiger partial charge in [-0.25, -0.2) is 8.42 Å². The molecule has 150 valence electrons. The molecule has 1 amide bonds. The maximum absolute atomic E-state index is 12.2. The van der Waals surface area contributed by atoms with Gasteiger partial charge >= 0.3 is 0 Å². The molecule has 0 aromatic heterocycles. The van der Waals surface area contributed by atoms with Crippen LogP contribution < -0.4 is 10.6 Å². The molecule has 0 bridgehead atoms. The first kappa shape index (κ1) is 25.1. The van der Waals surface area contributed by atoms with Gasteiger partial charge in [-0.3, -0.25) is 9.69 Å². The Morgan fingerprint density at radius 3 is 2.46 bits per heavy atom. The van der Waals surface area contributed by atoms with Crippen molar-refractivity contribution in [1.82, 2.24) is 15.5 Å². The lowest BCUT2D eigenvalue weighted by molar-refractivity contribution is 0.0953. The summed E-state index contributed by atoms with van der Waals surface area (Å²) in [6.07, 6.45) is 1.08. The molecule has 0 radical (unpaired) electrons. The van der Waals surface area contributed by atoms with Crippen molar-refractivity contribution in [3.63, 3.8) is 0 Å². The Morgan fingerprint density at radius 1 is 1.12 bits per heavy atom. The number of hydrogen-bond donors (Lipinski definition) is 2. The third-order valence-corrected chi connectivity index (χ3v) is 5.66. The van der Waals surface area contributed by atoms with E-state index in [4.69, 9.17) is 0 Å². The van der Waals surface area contributed by atoms with Crippen LogP contribution in [0.4, 0.5) is 0 Å². The van der Waals surface area contributed by atoms with Crippen LogP contribution in [0, 0.1) is 0 Å². The zero-order valence-corrected chi connectivity index (χ0v) is 17.5. The molecule has 1 aliphatic heterocycles. The quantitative estimate of drug-likeness (QED) is 0.616. The Labute approximate surface area is 168 Å². The minimum Gasteiger partial charge on any atom is -0.351 e. The number of halogens is 2. The van der Waals surface area contributed by atoms with E-state index in [1.807, 2.05) is 18.2 Å². The second kappa shape index (κ2) is 12.5. The highest BCUT2D eigenvalue weighted by Crippen LogP contribution is 2.11. The number of rotatable bonds is 8. The minimum absolute atomic E-state index is 0. The summed E-state index contributed by atoms with van der Waals surface area (Å²) in [5.74, 6) is 0.368. The van der Waals surface area contributed by atoms with E-state index >= 15 is 0 Å². The number of benzene rings is 1. The van der Waals surface area contributed by atoms with Crippen LogP contribution in [0.25, 0.3) is 0 Å². The summed E-state index contributed by atoms with van der Waals surface area (Å²) in [6.45, 7) is 6.22. The molecule has 1 saturated heterocycles. The van der Waals surface area contributed by atoms with Gasteiger partial charge < -0.3 is 10.6 Å². The van der Waals surface area contributed by atoms with Crippen LogP contribution in [0.1, 0.15) is 29.3 Å². The Morgan fingerprint density at radius 2 is 1.81 bits per heavy atom. The highest BCUT2D eigenvalue weighted by Gasteiger charge is 2.21. The largest absolute Gasteiger partial charge is 0.351 e. The van der Waals surface area contributed by atoms with Gasteiger partial charge in [0.15, 0.2) is 9.84 Å². The monoisotopic (exact) mass is 425 g/mol. The zero-order valence-electron chi connectivity index (χ0n) is 15.1. The molecule has 0 saturated carbocycles. The van der Waals surface area contributed by atoms with Crippen LogP contribution >= 0.6 is 24.8 Å². The summed E-state index contributed by atoms with van der Waals surface area (Å²) in [4.78, 5) is 14.3. The fourth-order valence-electron chi connectivity index (χ4n) is 2.65. The smallest absolute Gasteiger partial charge is 0.251 e. The van der Waals surface area contributed by atoms with Gasteiger partial charge in [0.1, 0.15) is 0 Å². The Hall–Kier alpha value is -0.860. The summed E-state index contributed by atoms with van der Waals surface area (Å²) in [5, 5.41) is 6.15. The topological polar surface area (TPSA) is 78.5 Å². The maximum Gasteiger partial charge on any atom is 0.251 e. The maximum atomic E-state index is 12.2. The third kappa shape index (κ3) is 8.68. The second-order valence-corrected chi connectivity index (χ2v) is 8.44. The molecule has 26 heavy (non-hydrogen) atoms. The molecule has 0 unspecified atom stereocenters. The Bertz CT molecular complexity index is 642. The van der Waals surface area contributed by atoms with Crippen LogP contribution in [0.3, 0.4) is 0 Å². The van der Waals surface area contributed by atoms with Crippen molar-refractivity contribution in [3.05, 3.63) is 35.4 Å². The average molecular weight is 426 g/mol. The minimum atomic E-state index is -2.86. The van der Waals surface area contributed by atoms with E-state index in [2.05, 4.69) is 22.5 Å². The molecule has 0 spiro atoms. The van der Waals surface area contributed by atoms with E-state index in [0.29, 0.717) is 31.7 Å². The van der Waals surface area contributed by atoms with Gasteiger partial charge in [-0.1, -0.05) is 19.1 Å². The summed E-state index contributed by atoms with van der Waals surface area (Å²) >= 11 is 0. The lowest BCUT2D eigenvalue weighted by atomic mass is 10.1. The summed E-state index contributed by atoms with van der Waals surface area (Å²) < 4.78 is 22.9. The number of carbonyl (C=O) groups is 1. The first-order valence-electron chi connectivity index (χ1n) is 8.51. The highest BCUT2D eigenvalue weighted by atomic mass is 35.5. The van der Waals surface area contributed by atoms with Crippen molar-refractivity contribution < 1.29 is 13.2 Å². The molecule has 2 N–H and O–H groups in total. The molecule has 1 fully saturated rings. The number of amides is 1. The van der Waals surface area contributed by atoms with Gasteiger partial charge in [0, 0.05) is 38.3 Å². The fraction of sp³-hybridized carbons (Fsp3) is 0.588. The standard InChI is InChI=1S/C17H27N3O3S.2ClH/c1-2-6-18-7-8-19-17(21)16-5-3-4-15(13-16)14-20-9-11-24(22,23)12-10-20;;/h3-5,13,18H,2,6-12,14H2,1H3,(H,19,21);2*1H. The van der Waals surface area contributed by atoms with Crippen molar-refractivity contribution in [2.24, 2.45) is 0 Å². The van der Waals surface area contributed by atoms with Gasteiger partial charge in [-0.05, 0) is 30.7 Å². The van der Waals surface area contributed by atoms with Gasteiger partial charge in [0.25, 0.3) is 5.91 Å². The number of nitrogens with zero attached hydrogens (tertiary/aromatic N) is 1. The van der Waals surface area contributed by atoms with Gasteiger partial charge in [-0.15, -0.1) is 24.8 Å². The van der Waals surface area contributed by atoms with Crippen LogP contribution in [0.2, 0.25) is 0 Å². The highest BCUT2D eigenvalue weighted by molar-refractivity contribution is 7.91. The first-order chi connectivity index (χ1) is 11.5. The van der Waals surface area contributed by atoms with Crippen LogP contribution in [0.15, 0.2) is 24.3 Å². The fourth-order valence-corrected chi connectivity index (χ4v) is 3.92. The molecule has 9 heteroatoms. The van der Waals surface area contributed by atoms with Gasteiger partial charge in [0.05, 0.1) is 11.5 Å². The first-order valence-corrected chi connectivity index (χ1v) is 10.3. The summed E-state index contributed by atoms with van der Waals surface area (Å²) in [6, 6.07) is 7.54. The number of hydrogen-bond acceptors (Lipinski definition) is 5. The van der Waals surface area contributed by atoms with E-state index in [1.54, 1.807) is 6.07 Å². The van der Waals surface area contributed by atoms with Crippen molar-refractivity contribution in [3.8, 4) is 0 Å². The third-order valence-electron chi connectivity index (χ3n) is 4.05. The van der Waals surface area contributed by atoms with Crippen LogP contribution in [0.5, 0.6) is 0 Å². The Kier molecular flexibility index (Phi) is 12.1. The average Bonchev–Trinajstić information content (AvgIpc) is 2.57. The molecular formula is C17H29Cl2N3O3S. The number of sulfone groups is 1. The van der Waals surface area contributed by atoms with Crippen LogP contribution in [-0.4, -0.2) is 63.5 Å². The molecular weight excluding hydrogens is 397 g/mol. The van der Waals surface area contributed by atoms with Gasteiger partial charge in [-0.2, -0.15) is 0 Å². The van der Waals surface area contributed by atoms with Crippen LogP contribution in [-0.2, 0) is 16.4 Å². The van der Waals surface area contributed by atoms with E-state index in [1.165, 1.54) is 0 Å². The van der Waals surface area contributed by atoms with E-state index in [0.717, 1.165) is 25.1 Å². The molecule has 2 rings (SSSR count). The Balaban J connectivity index is 0.00000312. The van der Waals surface area contributed by atoms with E-state index in [9.17, 15) is 13.2 Å². The van der Waals surface area contributed by atoms with Crippen molar-refractivity contribution in [1.29, 1.82) is 0 Å². The predicted octanol–water partition coefficient (Wildman–Crippen LogP) is 1.49. The lowest BCUT2D eigenvalue weighted by Gasteiger charge is -2.26. The predicted molar refractivity (Wildman–Crippen MR) is 110 cm³/mol. The van der Waals surface area contributed by atoms with Gasteiger partial charge in [0.2, 0.25) is 0 Å². The molecule has 1 aliphatic rings.